The quantitative estimate of drug-likeness (QED) is 0.364. The van der Waals surface area contributed by atoms with Crippen LogP contribution in [0, 0.1) is 0 Å². The molecule has 0 radical (unpaired) electrons. The Labute approximate surface area is 199 Å². The number of carbonyl (C=O) groups excluding carboxylic acids is 3. The van der Waals surface area contributed by atoms with E-state index in [4.69, 9.17) is 5.11 Å². The fourth-order valence-electron chi connectivity index (χ4n) is 3.56. The third kappa shape index (κ3) is 9.09. The lowest BCUT2D eigenvalue weighted by Gasteiger charge is -2.22. The first-order valence-electron chi connectivity index (χ1n) is 11.3. The summed E-state index contributed by atoms with van der Waals surface area (Å²) in [6, 6.07) is 12.2. The average molecular weight is 471 g/mol. The third-order valence-electron chi connectivity index (χ3n) is 5.10. The molecule has 0 heterocycles. The number of nitrogens with one attached hydrogen (secondary N) is 4. The molecule has 0 fully saturated rings. The first-order chi connectivity index (χ1) is 15.9. The zero-order valence-corrected chi connectivity index (χ0v) is 20.1. The van der Waals surface area contributed by atoms with Crippen molar-refractivity contribution in [3.63, 3.8) is 0 Å². The Morgan fingerprint density at radius 3 is 2.29 bits per heavy atom. The van der Waals surface area contributed by atoms with E-state index in [9.17, 15) is 19.2 Å². The van der Waals surface area contributed by atoms with Crippen LogP contribution < -0.4 is 21.3 Å². The van der Waals surface area contributed by atoms with Gasteiger partial charge in [-0.25, -0.2) is 4.79 Å². The number of benzene rings is 2. The molecule has 9 nitrogen and oxygen atoms in total. The second kappa shape index (κ2) is 12.0. The minimum Gasteiger partial charge on any atom is -0.465 e. The van der Waals surface area contributed by atoms with Crippen LogP contribution >= 0.6 is 0 Å². The van der Waals surface area contributed by atoms with Gasteiger partial charge in [0.15, 0.2) is 0 Å². The normalized spacial score (nSPS) is 12.9. The molecule has 0 unspecified atom stereocenters. The minimum absolute atomic E-state index is 0.0660. The van der Waals surface area contributed by atoms with E-state index in [1.165, 1.54) is 0 Å². The predicted molar refractivity (Wildman–Crippen MR) is 130 cm³/mol. The minimum atomic E-state index is -1.28. The van der Waals surface area contributed by atoms with Crippen molar-refractivity contribution >= 4 is 34.6 Å². The Morgan fingerprint density at radius 1 is 0.941 bits per heavy atom. The number of carbonyl (C=O) groups is 4. The maximum atomic E-state index is 12.5. The molecule has 0 bridgehead atoms. The standard InChI is InChI=1S/C25H34N4O5/c1-16(23(32)26-15-18-10-7-9-17-8-5-6-11-20(17)18)27-22(31)14-19(28-24(33)34)12-13-21(30)29-25(2,3)4/h5-11,16,19,28H,12-15H2,1-4H3,(H,26,32)(H,27,31)(H,29,30)(H,33,34)/t16-,19-/m0/s1. The summed E-state index contributed by atoms with van der Waals surface area (Å²) >= 11 is 0. The van der Waals surface area contributed by atoms with E-state index in [0.717, 1.165) is 16.3 Å². The fraction of sp³-hybridized carbons (Fsp3) is 0.440. The lowest BCUT2D eigenvalue weighted by Crippen LogP contribution is -2.47. The van der Waals surface area contributed by atoms with Crippen LogP contribution in [0.5, 0.6) is 0 Å². The molecule has 0 saturated heterocycles. The summed E-state index contributed by atoms with van der Waals surface area (Å²) in [5, 5.41) is 21.7. The smallest absolute Gasteiger partial charge is 0.404 e. The van der Waals surface area contributed by atoms with Crippen LogP contribution in [0.15, 0.2) is 42.5 Å². The number of hydrogen-bond acceptors (Lipinski definition) is 4. The molecule has 2 rings (SSSR count). The molecule has 5 N–H and O–H groups in total. The molecule has 184 valence electrons. The first-order valence-corrected chi connectivity index (χ1v) is 11.3. The summed E-state index contributed by atoms with van der Waals surface area (Å²) < 4.78 is 0. The van der Waals surface area contributed by atoms with Gasteiger partial charge in [0, 0.05) is 31.0 Å². The molecular formula is C25H34N4O5. The van der Waals surface area contributed by atoms with E-state index in [-0.39, 0.29) is 31.1 Å². The zero-order chi connectivity index (χ0) is 25.3. The lowest BCUT2D eigenvalue weighted by molar-refractivity contribution is -0.129. The molecule has 0 saturated carbocycles. The maximum Gasteiger partial charge on any atom is 0.404 e. The van der Waals surface area contributed by atoms with Gasteiger partial charge in [0.25, 0.3) is 0 Å². The van der Waals surface area contributed by atoms with Gasteiger partial charge in [0.05, 0.1) is 0 Å². The van der Waals surface area contributed by atoms with Crippen LogP contribution in [0.25, 0.3) is 10.8 Å². The summed E-state index contributed by atoms with van der Waals surface area (Å²) in [5.41, 5.74) is 0.558. The first kappa shape index (κ1) is 26.6. The number of carboxylic acid groups (broad SMARTS) is 1. The van der Waals surface area contributed by atoms with Crippen molar-refractivity contribution in [3.05, 3.63) is 48.0 Å². The molecule has 4 amide bonds. The summed E-state index contributed by atoms with van der Waals surface area (Å²) in [6.07, 6.45) is -1.24. The molecule has 0 aliphatic rings. The molecule has 0 aliphatic carbocycles. The van der Waals surface area contributed by atoms with Gasteiger partial charge in [0.1, 0.15) is 6.04 Å². The SMILES string of the molecule is C[C@H](NC(=O)C[C@H](CCC(=O)NC(C)(C)C)NC(=O)O)C(=O)NCc1cccc2ccccc12. The van der Waals surface area contributed by atoms with Crippen molar-refractivity contribution in [1.29, 1.82) is 0 Å². The Balaban J connectivity index is 1.87. The molecule has 34 heavy (non-hydrogen) atoms. The van der Waals surface area contributed by atoms with Crippen molar-refractivity contribution in [3.8, 4) is 0 Å². The molecule has 0 spiro atoms. The van der Waals surface area contributed by atoms with E-state index >= 15 is 0 Å². The summed E-state index contributed by atoms with van der Waals surface area (Å²) in [6.45, 7) is 7.41. The highest BCUT2D eigenvalue weighted by molar-refractivity contribution is 5.89. The van der Waals surface area contributed by atoms with E-state index < -0.39 is 29.6 Å². The van der Waals surface area contributed by atoms with E-state index in [2.05, 4.69) is 21.3 Å². The van der Waals surface area contributed by atoms with Crippen molar-refractivity contribution in [1.82, 2.24) is 21.3 Å². The summed E-state index contributed by atoms with van der Waals surface area (Å²) in [4.78, 5) is 48.1. The van der Waals surface area contributed by atoms with Crippen molar-refractivity contribution < 1.29 is 24.3 Å². The fourth-order valence-corrected chi connectivity index (χ4v) is 3.56. The molecule has 9 heteroatoms. The zero-order valence-electron chi connectivity index (χ0n) is 20.1. The highest BCUT2D eigenvalue weighted by Crippen LogP contribution is 2.18. The van der Waals surface area contributed by atoms with Gasteiger partial charge < -0.3 is 26.4 Å². The third-order valence-corrected chi connectivity index (χ3v) is 5.10. The number of fused-ring (bicyclic) bond motifs is 1. The van der Waals surface area contributed by atoms with Crippen molar-refractivity contribution in [2.75, 3.05) is 0 Å². The number of rotatable bonds is 10. The van der Waals surface area contributed by atoms with E-state index in [1.807, 2.05) is 63.2 Å². The Bertz CT molecular complexity index is 1030. The summed E-state index contributed by atoms with van der Waals surface area (Å²) in [7, 11) is 0. The van der Waals surface area contributed by atoms with Crippen LogP contribution in [0.4, 0.5) is 4.79 Å². The topological polar surface area (TPSA) is 137 Å². The van der Waals surface area contributed by atoms with Crippen molar-refractivity contribution in [2.24, 2.45) is 0 Å². The second-order valence-electron chi connectivity index (χ2n) is 9.33. The van der Waals surface area contributed by atoms with Crippen LogP contribution in [-0.2, 0) is 20.9 Å². The van der Waals surface area contributed by atoms with E-state index in [0.29, 0.717) is 6.54 Å². The van der Waals surface area contributed by atoms with Gasteiger partial charge in [-0.3, -0.25) is 14.4 Å². The molecule has 2 aromatic carbocycles. The molecule has 2 atom stereocenters. The molecule has 0 aliphatic heterocycles. The number of hydrogen-bond donors (Lipinski definition) is 5. The molecular weight excluding hydrogens is 436 g/mol. The highest BCUT2D eigenvalue weighted by Gasteiger charge is 2.22. The lowest BCUT2D eigenvalue weighted by atomic mass is 10.0. The van der Waals surface area contributed by atoms with Gasteiger partial charge in [0.2, 0.25) is 17.7 Å². The van der Waals surface area contributed by atoms with E-state index in [1.54, 1.807) is 6.92 Å². The molecule has 0 aromatic heterocycles. The van der Waals surface area contributed by atoms with Gasteiger partial charge in [-0.05, 0) is 50.5 Å². The van der Waals surface area contributed by atoms with Gasteiger partial charge in [-0.1, -0.05) is 42.5 Å². The Morgan fingerprint density at radius 2 is 1.62 bits per heavy atom. The van der Waals surface area contributed by atoms with Gasteiger partial charge >= 0.3 is 6.09 Å². The Hall–Kier alpha value is -3.62. The average Bonchev–Trinajstić information content (AvgIpc) is 2.74. The van der Waals surface area contributed by atoms with Crippen LogP contribution in [0.3, 0.4) is 0 Å². The van der Waals surface area contributed by atoms with Crippen LogP contribution in [0.2, 0.25) is 0 Å². The predicted octanol–water partition coefficient (Wildman–Crippen LogP) is 2.68. The number of amides is 4. The second-order valence-corrected chi connectivity index (χ2v) is 9.33. The van der Waals surface area contributed by atoms with Gasteiger partial charge in [-0.2, -0.15) is 0 Å². The van der Waals surface area contributed by atoms with Crippen molar-refractivity contribution in [2.45, 2.75) is 71.1 Å². The van der Waals surface area contributed by atoms with Gasteiger partial charge in [-0.15, -0.1) is 0 Å². The maximum absolute atomic E-state index is 12.5. The van der Waals surface area contributed by atoms with Crippen LogP contribution in [0.1, 0.15) is 52.5 Å². The molecule has 2 aromatic rings. The Kier molecular flexibility index (Phi) is 9.41. The highest BCUT2D eigenvalue weighted by atomic mass is 16.4. The largest absolute Gasteiger partial charge is 0.465 e. The van der Waals surface area contributed by atoms with Crippen LogP contribution in [-0.4, -0.2) is 46.5 Å². The monoisotopic (exact) mass is 470 g/mol. The summed E-state index contributed by atoms with van der Waals surface area (Å²) in [5.74, 6) is -1.07.